The first-order chi connectivity index (χ1) is 12.2. The topological polar surface area (TPSA) is 43.4 Å². The predicted molar refractivity (Wildman–Crippen MR) is 101 cm³/mol. The third-order valence-corrected chi connectivity index (χ3v) is 7.67. The van der Waals surface area contributed by atoms with Gasteiger partial charge in [-0.1, -0.05) is 37.6 Å². The van der Waals surface area contributed by atoms with Gasteiger partial charge in [-0.15, -0.1) is 0 Å². The van der Waals surface area contributed by atoms with Crippen LogP contribution in [0.1, 0.15) is 53.4 Å². The molecule has 0 aromatic rings. The number of rotatable bonds is 2. The summed E-state index contributed by atoms with van der Waals surface area (Å²) in [6.45, 7) is 13.5. The molecule has 0 spiro atoms. The lowest BCUT2D eigenvalue weighted by Crippen LogP contribution is -2.53. The summed E-state index contributed by atoms with van der Waals surface area (Å²) in [5.74, 6) is 0.505. The molecule has 4 unspecified atom stereocenters. The molecule has 4 aliphatic carbocycles. The van der Waals surface area contributed by atoms with Crippen LogP contribution in [0.15, 0.2) is 46.8 Å². The molecule has 1 saturated carbocycles. The second kappa shape index (κ2) is 5.55. The van der Waals surface area contributed by atoms with E-state index in [1.165, 1.54) is 11.6 Å². The van der Waals surface area contributed by atoms with Gasteiger partial charge < -0.3 is 4.74 Å². The highest BCUT2D eigenvalue weighted by molar-refractivity contribution is 6.22. The van der Waals surface area contributed by atoms with Gasteiger partial charge in [0.2, 0.25) is 5.78 Å². The lowest BCUT2D eigenvalue weighted by atomic mass is 9.42. The van der Waals surface area contributed by atoms with E-state index in [-0.39, 0.29) is 34.1 Å². The van der Waals surface area contributed by atoms with Crippen LogP contribution in [0.4, 0.5) is 0 Å². The number of hydrogen-bond acceptors (Lipinski definition) is 3. The molecule has 0 saturated heterocycles. The Labute approximate surface area is 155 Å². The normalized spacial score (nSPS) is 39.2. The summed E-state index contributed by atoms with van der Waals surface area (Å²) in [7, 11) is 0. The standard InChI is InChI=1S/C23H28O3/c1-6-26-18-10-17(24)20-15-11-22(4)13(2)8-7-9-19(22)23(5,14(15)3)12-16(20)21(18)25/h8,10,15,19H,3,6-7,9,11-12H2,1-2,4-5H3. The summed E-state index contributed by atoms with van der Waals surface area (Å²) in [5.41, 5.74) is 3.90. The number of ketones is 2. The average molecular weight is 352 g/mol. The molecule has 1 fully saturated rings. The van der Waals surface area contributed by atoms with E-state index in [1.807, 2.05) is 6.92 Å². The van der Waals surface area contributed by atoms with Gasteiger partial charge in [0.1, 0.15) is 0 Å². The summed E-state index contributed by atoms with van der Waals surface area (Å²) in [4.78, 5) is 26.0. The van der Waals surface area contributed by atoms with Crippen LogP contribution >= 0.6 is 0 Å². The van der Waals surface area contributed by atoms with Crippen molar-refractivity contribution in [3.05, 3.63) is 46.8 Å². The van der Waals surface area contributed by atoms with Crippen LogP contribution in [0.25, 0.3) is 0 Å². The summed E-state index contributed by atoms with van der Waals surface area (Å²) in [6, 6.07) is 0. The lowest BCUT2D eigenvalue weighted by molar-refractivity contribution is -0.120. The molecule has 3 heteroatoms. The minimum Gasteiger partial charge on any atom is -0.490 e. The van der Waals surface area contributed by atoms with Crippen LogP contribution in [-0.4, -0.2) is 18.2 Å². The molecule has 0 aromatic heterocycles. The van der Waals surface area contributed by atoms with Gasteiger partial charge in [-0.3, -0.25) is 9.59 Å². The minimum atomic E-state index is -0.142. The molecule has 3 nitrogen and oxygen atoms in total. The van der Waals surface area contributed by atoms with E-state index in [0.717, 1.165) is 24.8 Å². The molecule has 0 N–H and O–H groups in total. The molecule has 0 heterocycles. The highest BCUT2D eigenvalue weighted by atomic mass is 16.5. The number of hydrogen-bond donors (Lipinski definition) is 0. The summed E-state index contributed by atoms with van der Waals surface area (Å²) >= 11 is 0. The van der Waals surface area contributed by atoms with E-state index < -0.39 is 0 Å². The third kappa shape index (κ3) is 2.06. The van der Waals surface area contributed by atoms with Crippen molar-refractivity contribution in [1.82, 2.24) is 0 Å². The zero-order valence-corrected chi connectivity index (χ0v) is 16.3. The third-order valence-electron chi connectivity index (χ3n) is 7.67. The van der Waals surface area contributed by atoms with Gasteiger partial charge in [0.15, 0.2) is 11.5 Å². The van der Waals surface area contributed by atoms with Gasteiger partial charge in [-0.05, 0) is 56.3 Å². The van der Waals surface area contributed by atoms with E-state index in [4.69, 9.17) is 4.74 Å². The molecular weight excluding hydrogens is 324 g/mol. The monoisotopic (exact) mass is 352 g/mol. The average Bonchev–Trinajstić information content (AvgIpc) is 2.58. The van der Waals surface area contributed by atoms with Crippen LogP contribution in [0.2, 0.25) is 0 Å². The zero-order valence-electron chi connectivity index (χ0n) is 16.3. The maximum Gasteiger partial charge on any atom is 0.224 e. The minimum absolute atomic E-state index is 0.0256. The van der Waals surface area contributed by atoms with Crippen molar-refractivity contribution >= 4 is 11.6 Å². The van der Waals surface area contributed by atoms with Gasteiger partial charge in [-0.2, -0.15) is 0 Å². The van der Waals surface area contributed by atoms with Crippen molar-refractivity contribution in [2.45, 2.75) is 53.4 Å². The Balaban J connectivity index is 1.86. The first kappa shape index (κ1) is 17.5. The molecule has 26 heavy (non-hydrogen) atoms. The number of allylic oxidation sites excluding steroid dienone is 6. The van der Waals surface area contributed by atoms with Crippen molar-refractivity contribution in [3.63, 3.8) is 0 Å². The molecule has 0 aliphatic heterocycles. The highest BCUT2D eigenvalue weighted by Gasteiger charge is 2.59. The first-order valence-electron chi connectivity index (χ1n) is 9.77. The van der Waals surface area contributed by atoms with E-state index in [2.05, 4.69) is 33.4 Å². The van der Waals surface area contributed by atoms with Crippen LogP contribution in [0.5, 0.6) is 0 Å². The molecule has 138 valence electrons. The maximum atomic E-state index is 13.0. The fraction of sp³-hybridized carbons (Fsp3) is 0.565. The van der Waals surface area contributed by atoms with E-state index >= 15 is 0 Å². The smallest absolute Gasteiger partial charge is 0.224 e. The van der Waals surface area contributed by atoms with Crippen molar-refractivity contribution < 1.29 is 14.3 Å². The quantitative estimate of drug-likeness (QED) is 0.534. The number of carbonyl (C=O) groups excluding carboxylic acids is 2. The second-order valence-electron chi connectivity index (χ2n) is 8.84. The Morgan fingerprint density at radius 2 is 2.00 bits per heavy atom. The van der Waals surface area contributed by atoms with E-state index in [1.54, 1.807) is 0 Å². The van der Waals surface area contributed by atoms with Crippen molar-refractivity contribution in [1.29, 1.82) is 0 Å². The largest absolute Gasteiger partial charge is 0.490 e. The Morgan fingerprint density at radius 3 is 2.69 bits per heavy atom. The molecule has 0 radical (unpaired) electrons. The Kier molecular flexibility index (Phi) is 3.74. The molecule has 4 rings (SSSR count). The second-order valence-corrected chi connectivity index (χ2v) is 8.84. The lowest BCUT2D eigenvalue weighted by Gasteiger charge is -2.61. The fourth-order valence-electron chi connectivity index (χ4n) is 6.17. The molecule has 0 aromatic carbocycles. The molecule has 0 amide bonds. The first-order valence-corrected chi connectivity index (χ1v) is 9.77. The number of Topliss-reactive ketones (excluding diaryl/α,β-unsaturated/α-hetero) is 1. The summed E-state index contributed by atoms with van der Waals surface area (Å²) in [6.07, 6.45) is 7.46. The van der Waals surface area contributed by atoms with E-state index in [9.17, 15) is 9.59 Å². The number of carbonyl (C=O) groups is 2. The van der Waals surface area contributed by atoms with Crippen molar-refractivity contribution in [2.24, 2.45) is 22.7 Å². The van der Waals surface area contributed by atoms with E-state index in [0.29, 0.717) is 30.1 Å². The molecule has 4 atom stereocenters. The highest BCUT2D eigenvalue weighted by Crippen LogP contribution is 2.67. The molecule has 2 bridgehead atoms. The van der Waals surface area contributed by atoms with Gasteiger partial charge >= 0.3 is 0 Å². The van der Waals surface area contributed by atoms with Crippen LogP contribution < -0.4 is 0 Å². The summed E-state index contributed by atoms with van der Waals surface area (Å²) < 4.78 is 5.46. The van der Waals surface area contributed by atoms with Crippen molar-refractivity contribution in [3.8, 4) is 0 Å². The van der Waals surface area contributed by atoms with Gasteiger partial charge in [0, 0.05) is 23.1 Å². The molecular formula is C23H28O3. The summed E-state index contributed by atoms with van der Waals surface area (Å²) in [5, 5.41) is 0. The zero-order chi connectivity index (χ0) is 18.9. The predicted octanol–water partition coefficient (Wildman–Crippen LogP) is 4.70. The molecule has 4 aliphatic rings. The SMILES string of the molecule is C=C1C2CC3(C)C(C)=CCCC3C1(C)CC1=C2C(=O)C=C(OCC)C1=O. The van der Waals surface area contributed by atoms with Crippen molar-refractivity contribution in [2.75, 3.05) is 6.61 Å². The number of fused-ring (bicyclic) bond motifs is 5. The Morgan fingerprint density at radius 1 is 1.27 bits per heavy atom. The van der Waals surface area contributed by atoms with Gasteiger partial charge in [-0.25, -0.2) is 0 Å². The fourth-order valence-corrected chi connectivity index (χ4v) is 6.17. The number of ether oxygens (including phenoxy) is 1. The van der Waals surface area contributed by atoms with Crippen LogP contribution in [-0.2, 0) is 14.3 Å². The van der Waals surface area contributed by atoms with Crippen LogP contribution in [0, 0.1) is 22.7 Å². The van der Waals surface area contributed by atoms with Gasteiger partial charge in [0.25, 0.3) is 0 Å². The van der Waals surface area contributed by atoms with Gasteiger partial charge in [0.05, 0.1) is 6.61 Å². The Hall–Kier alpha value is -1.90. The Bertz CT molecular complexity index is 824. The maximum absolute atomic E-state index is 13.0. The van der Waals surface area contributed by atoms with Crippen LogP contribution in [0.3, 0.4) is 0 Å².